The fourth-order valence-corrected chi connectivity index (χ4v) is 4.66. The number of aromatic nitrogens is 1. The molecule has 2 aliphatic rings. The first-order valence-corrected chi connectivity index (χ1v) is 8.45. The second kappa shape index (κ2) is 4.99. The molecule has 5 heteroatoms. The van der Waals surface area contributed by atoms with Gasteiger partial charge in [0.15, 0.2) is 0 Å². The normalized spacial score (nSPS) is 29.7. The molecule has 2 heterocycles. The highest BCUT2D eigenvalue weighted by molar-refractivity contribution is 5.68. The molecule has 2 atom stereocenters. The molecule has 1 aromatic heterocycles. The van der Waals surface area contributed by atoms with E-state index in [4.69, 9.17) is 9.26 Å². The van der Waals surface area contributed by atoms with Crippen molar-refractivity contribution >= 4 is 6.09 Å². The van der Waals surface area contributed by atoms with Crippen molar-refractivity contribution in [1.82, 2.24) is 10.1 Å². The highest BCUT2D eigenvalue weighted by Gasteiger charge is 2.54. The van der Waals surface area contributed by atoms with Gasteiger partial charge in [-0.15, -0.1) is 0 Å². The molecule has 0 bridgehead atoms. The zero-order valence-electron chi connectivity index (χ0n) is 15.1. The Labute approximate surface area is 138 Å². The Morgan fingerprint density at radius 3 is 2.74 bits per heavy atom. The lowest BCUT2D eigenvalue weighted by Crippen LogP contribution is -2.57. The highest BCUT2D eigenvalue weighted by atomic mass is 16.6. The molecule has 0 unspecified atom stereocenters. The van der Waals surface area contributed by atoms with E-state index in [2.05, 4.69) is 25.9 Å². The number of hydrogen-bond donors (Lipinski definition) is 0. The Morgan fingerprint density at radius 2 is 2.09 bits per heavy atom. The Hall–Kier alpha value is -1.52. The van der Waals surface area contributed by atoms with Crippen molar-refractivity contribution < 1.29 is 14.1 Å². The number of fused-ring (bicyclic) bond motifs is 2. The molecular formula is C18H28N2O3. The molecular weight excluding hydrogens is 292 g/mol. The van der Waals surface area contributed by atoms with Gasteiger partial charge in [0.25, 0.3) is 0 Å². The fourth-order valence-electron chi connectivity index (χ4n) is 4.66. The highest BCUT2D eigenvalue weighted by Crippen LogP contribution is 2.54. The number of carbonyl (C=O) groups excluding carboxylic acids is 1. The molecule has 1 aliphatic heterocycles. The van der Waals surface area contributed by atoms with E-state index in [0.29, 0.717) is 5.92 Å². The van der Waals surface area contributed by atoms with Crippen molar-refractivity contribution in [3.05, 3.63) is 17.5 Å². The van der Waals surface area contributed by atoms with Crippen LogP contribution in [0.2, 0.25) is 0 Å². The predicted molar refractivity (Wildman–Crippen MR) is 87.3 cm³/mol. The van der Waals surface area contributed by atoms with Crippen LogP contribution in [0, 0.1) is 11.3 Å². The first kappa shape index (κ1) is 16.3. The maximum Gasteiger partial charge on any atom is 0.410 e. The third-order valence-electron chi connectivity index (χ3n) is 5.43. The van der Waals surface area contributed by atoms with Crippen LogP contribution in [0.25, 0.3) is 0 Å². The third kappa shape index (κ3) is 2.74. The monoisotopic (exact) mass is 320 g/mol. The summed E-state index contributed by atoms with van der Waals surface area (Å²) in [7, 11) is 0. The van der Waals surface area contributed by atoms with E-state index in [-0.39, 0.29) is 16.9 Å². The average molecular weight is 320 g/mol. The van der Waals surface area contributed by atoms with Gasteiger partial charge in [-0.1, -0.05) is 25.9 Å². The van der Waals surface area contributed by atoms with Crippen molar-refractivity contribution in [2.75, 3.05) is 13.1 Å². The molecule has 128 valence electrons. The molecule has 0 aromatic carbocycles. The lowest BCUT2D eigenvalue weighted by Gasteiger charge is -2.54. The van der Waals surface area contributed by atoms with E-state index in [1.807, 2.05) is 31.9 Å². The van der Waals surface area contributed by atoms with Crippen molar-refractivity contribution in [2.24, 2.45) is 11.3 Å². The third-order valence-corrected chi connectivity index (χ3v) is 5.43. The fraction of sp³-hybridized carbons (Fsp3) is 0.778. The molecule has 1 aromatic rings. The smallest absolute Gasteiger partial charge is 0.410 e. The van der Waals surface area contributed by atoms with Crippen LogP contribution in [0.1, 0.15) is 59.3 Å². The molecule has 1 fully saturated rings. The molecule has 3 rings (SSSR count). The first-order chi connectivity index (χ1) is 10.5. The minimum absolute atomic E-state index is 0.0250. The topological polar surface area (TPSA) is 55.6 Å². The maximum absolute atomic E-state index is 12.5. The van der Waals surface area contributed by atoms with Crippen LogP contribution in [-0.4, -0.2) is 34.8 Å². The van der Waals surface area contributed by atoms with Crippen molar-refractivity contribution in [2.45, 2.75) is 65.4 Å². The van der Waals surface area contributed by atoms with Gasteiger partial charge in [0.2, 0.25) is 0 Å². The van der Waals surface area contributed by atoms with Gasteiger partial charge < -0.3 is 14.2 Å². The first-order valence-electron chi connectivity index (χ1n) is 8.45. The largest absolute Gasteiger partial charge is 0.444 e. The van der Waals surface area contributed by atoms with Crippen molar-refractivity contribution in [1.29, 1.82) is 0 Å². The van der Waals surface area contributed by atoms with E-state index in [0.717, 1.165) is 31.7 Å². The minimum atomic E-state index is -0.456. The lowest BCUT2D eigenvalue weighted by atomic mass is 9.54. The van der Waals surface area contributed by atoms with Crippen molar-refractivity contribution in [3.63, 3.8) is 0 Å². The van der Waals surface area contributed by atoms with Crippen LogP contribution in [0.15, 0.2) is 10.7 Å². The van der Waals surface area contributed by atoms with Crippen LogP contribution in [-0.2, 0) is 16.6 Å². The second-order valence-electron chi connectivity index (χ2n) is 8.98. The van der Waals surface area contributed by atoms with Gasteiger partial charge in [-0.2, -0.15) is 0 Å². The lowest BCUT2D eigenvalue weighted by molar-refractivity contribution is -0.0336. The van der Waals surface area contributed by atoms with Gasteiger partial charge >= 0.3 is 6.09 Å². The van der Waals surface area contributed by atoms with Crippen molar-refractivity contribution in [3.8, 4) is 0 Å². The maximum atomic E-state index is 12.5. The molecule has 23 heavy (non-hydrogen) atoms. The summed E-state index contributed by atoms with van der Waals surface area (Å²) in [5.41, 5.74) is 0.693. The molecule has 0 N–H and O–H groups in total. The number of ether oxygens (including phenoxy) is 1. The van der Waals surface area contributed by atoms with E-state index in [1.54, 1.807) is 0 Å². The summed E-state index contributed by atoms with van der Waals surface area (Å²) in [6.45, 7) is 13.9. The Balaban J connectivity index is 1.85. The van der Waals surface area contributed by atoms with Gasteiger partial charge in [0.1, 0.15) is 11.4 Å². The Bertz CT molecular complexity index is 614. The number of piperidine rings is 1. The molecule has 1 aliphatic carbocycles. The summed E-state index contributed by atoms with van der Waals surface area (Å²) in [5.74, 6) is 1.49. The standard InChI is InChI=1S/C18H28N2O3/c1-16(2,3)22-15(21)20-8-7-13-17(4,5)14-12(10-19-23-14)9-18(13,6)11-20/h10,13H,7-9,11H2,1-6H3/t13-,18+/m1/s1. The molecule has 0 spiro atoms. The Kier molecular flexibility index (Phi) is 3.54. The Morgan fingerprint density at radius 1 is 1.39 bits per heavy atom. The van der Waals surface area contributed by atoms with E-state index < -0.39 is 5.60 Å². The van der Waals surface area contributed by atoms with Crippen LogP contribution in [0.3, 0.4) is 0 Å². The van der Waals surface area contributed by atoms with Crippen LogP contribution < -0.4 is 0 Å². The van der Waals surface area contributed by atoms with Crippen LogP contribution >= 0.6 is 0 Å². The molecule has 1 amide bonds. The molecule has 0 saturated carbocycles. The number of amides is 1. The summed E-state index contributed by atoms with van der Waals surface area (Å²) >= 11 is 0. The summed E-state index contributed by atoms with van der Waals surface area (Å²) in [6.07, 6.45) is 3.50. The average Bonchev–Trinajstić information content (AvgIpc) is 2.84. The number of rotatable bonds is 0. The van der Waals surface area contributed by atoms with E-state index >= 15 is 0 Å². The molecule has 1 saturated heterocycles. The van der Waals surface area contributed by atoms with Gasteiger partial charge in [0, 0.05) is 24.1 Å². The van der Waals surface area contributed by atoms with Gasteiger partial charge in [-0.25, -0.2) is 4.79 Å². The summed E-state index contributed by atoms with van der Waals surface area (Å²) in [4.78, 5) is 14.3. The number of hydrogen-bond acceptors (Lipinski definition) is 4. The SMILES string of the molecule is CC(C)(C)OC(=O)N1CC[C@@H]2C(C)(C)c3oncc3C[C@@]2(C)C1. The molecule has 5 nitrogen and oxygen atoms in total. The quantitative estimate of drug-likeness (QED) is 0.730. The number of carbonyl (C=O) groups is 1. The van der Waals surface area contributed by atoms with E-state index in [1.165, 1.54) is 5.56 Å². The summed E-state index contributed by atoms with van der Waals surface area (Å²) < 4.78 is 11.1. The predicted octanol–water partition coefficient (Wildman–Crippen LogP) is 3.77. The van der Waals surface area contributed by atoms with E-state index in [9.17, 15) is 4.79 Å². The summed E-state index contributed by atoms with van der Waals surface area (Å²) in [6, 6.07) is 0. The van der Waals surface area contributed by atoms with Crippen LogP contribution in [0.5, 0.6) is 0 Å². The van der Waals surface area contributed by atoms with Crippen LogP contribution in [0.4, 0.5) is 4.79 Å². The van der Waals surface area contributed by atoms with Gasteiger partial charge in [0.05, 0.1) is 6.20 Å². The second-order valence-corrected chi connectivity index (χ2v) is 8.98. The molecule has 0 radical (unpaired) electrons. The summed E-state index contributed by atoms with van der Waals surface area (Å²) in [5, 5.41) is 4.01. The number of likely N-dealkylation sites (tertiary alicyclic amines) is 1. The number of nitrogens with zero attached hydrogens (tertiary/aromatic N) is 2. The zero-order chi connectivity index (χ0) is 17.0. The van der Waals surface area contributed by atoms with Gasteiger partial charge in [-0.05, 0) is 44.9 Å². The van der Waals surface area contributed by atoms with Gasteiger partial charge in [-0.3, -0.25) is 0 Å². The zero-order valence-corrected chi connectivity index (χ0v) is 15.1. The minimum Gasteiger partial charge on any atom is -0.444 e.